The van der Waals surface area contributed by atoms with E-state index in [-0.39, 0.29) is 0 Å². The van der Waals surface area contributed by atoms with Gasteiger partial charge >= 0.3 is 0 Å². The van der Waals surface area contributed by atoms with Crippen molar-refractivity contribution in [1.29, 1.82) is 0 Å². The van der Waals surface area contributed by atoms with E-state index in [2.05, 4.69) is 26.1 Å². The molecule has 2 nitrogen and oxygen atoms in total. The highest BCUT2D eigenvalue weighted by atomic mass is 16.5. The van der Waals surface area contributed by atoms with E-state index in [0.29, 0.717) is 12.1 Å². The van der Waals surface area contributed by atoms with Crippen molar-refractivity contribution in [1.82, 2.24) is 5.32 Å². The smallest absolute Gasteiger partial charge is 0.0625 e. The molecule has 1 rings (SSSR count). The molecule has 0 radical (unpaired) electrons. The summed E-state index contributed by atoms with van der Waals surface area (Å²) in [5.41, 5.74) is 0. The first-order valence-corrected chi connectivity index (χ1v) is 4.94. The molecule has 1 N–H and O–H groups in total. The summed E-state index contributed by atoms with van der Waals surface area (Å²) in [7, 11) is 2.03. The van der Waals surface area contributed by atoms with Crippen molar-refractivity contribution in [3.05, 3.63) is 0 Å². The van der Waals surface area contributed by atoms with Crippen LogP contribution in [-0.4, -0.2) is 25.8 Å². The molecular weight excluding hydrogens is 150 g/mol. The fourth-order valence-corrected chi connectivity index (χ4v) is 1.63. The van der Waals surface area contributed by atoms with Gasteiger partial charge in [0.2, 0.25) is 0 Å². The predicted octanol–water partition coefficient (Wildman–Crippen LogP) is 1.66. The van der Waals surface area contributed by atoms with Gasteiger partial charge in [-0.3, -0.25) is 0 Å². The lowest BCUT2D eigenvalue weighted by atomic mass is 10.2. The summed E-state index contributed by atoms with van der Waals surface area (Å²) in [5, 5.41) is 3.32. The van der Waals surface area contributed by atoms with E-state index in [0.717, 1.165) is 18.4 Å². The van der Waals surface area contributed by atoms with E-state index < -0.39 is 0 Å². The van der Waals surface area contributed by atoms with Crippen LogP contribution in [0.4, 0.5) is 0 Å². The Kier molecular flexibility index (Phi) is 3.53. The molecule has 0 amide bonds. The second-order valence-corrected chi connectivity index (χ2v) is 4.15. The van der Waals surface area contributed by atoms with Gasteiger partial charge in [-0.2, -0.15) is 0 Å². The van der Waals surface area contributed by atoms with E-state index in [4.69, 9.17) is 4.74 Å². The highest BCUT2D eigenvalue weighted by molar-refractivity contribution is 4.91. The third-order valence-electron chi connectivity index (χ3n) is 2.67. The summed E-state index contributed by atoms with van der Waals surface area (Å²) in [6.45, 7) is 7.35. The molecule has 0 aliphatic heterocycles. The van der Waals surface area contributed by atoms with Crippen LogP contribution in [-0.2, 0) is 4.74 Å². The maximum atomic E-state index is 5.58. The average molecular weight is 171 g/mol. The first kappa shape index (κ1) is 10.0. The van der Waals surface area contributed by atoms with E-state index in [1.807, 2.05) is 7.05 Å². The Hall–Kier alpha value is -0.0800. The van der Waals surface area contributed by atoms with Crippen molar-refractivity contribution in [3.63, 3.8) is 0 Å². The highest BCUT2D eigenvalue weighted by Crippen LogP contribution is 2.40. The molecule has 0 heterocycles. The molecule has 0 aromatic carbocycles. The average Bonchev–Trinajstić information content (AvgIpc) is 2.68. The zero-order valence-corrected chi connectivity index (χ0v) is 8.63. The normalized spacial score (nSPS) is 30.8. The monoisotopic (exact) mass is 171 g/mol. The van der Waals surface area contributed by atoms with Gasteiger partial charge in [-0.05, 0) is 39.2 Å². The lowest BCUT2D eigenvalue weighted by Gasteiger charge is -2.17. The molecule has 0 spiro atoms. The Morgan fingerprint density at radius 3 is 2.42 bits per heavy atom. The number of hydrogen-bond donors (Lipinski definition) is 1. The zero-order chi connectivity index (χ0) is 9.14. The predicted molar refractivity (Wildman–Crippen MR) is 51.2 cm³/mol. The molecule has 12 heavy (non-hydrogen) atoms. The SMILES string of the molecule is CNC(COC(C)C)C1CC1C. The van der Waals surface area contributed by atoms with E-state index >= 15 is 0 Å². The lowest BCUT2D eigenvalue weighted by molar-refractivity contribution is 0.0576. The van der Waals surface area contributed by atoms with Crippen LogP contribution in [0.2, 0.25) is 0 Å². The van der Waals surface area contributed by atoms with Crippen LogP contribution in [0.15, 0.2) is 0 Å². The summed E-state index contributed by atoms with van der Waals surface area (Å²) in [6.07, 6.45) is 1.72. The molecule has 2 heteroatoms. The second kappa shape index (κ2) is 4.24. The fourth-order valence-electron chi connectivity index (χ4n) is 1.63. The zero-order valence-electron chi connectivity index (χ0n) is 8.63. The Morgan fingerprint density at radius 1 is 1.50 bits per heavy atom. The Balaban J connectivity index is 2.17. The van der Waals surface area contributed by atoms with E-state index in [1.165, 1.54) is 6.42 Å². The van der Waals surface area contributed by atoms with Gasteiger partial charge in [-0.25, -0.2) is 0 Å². The molecular formula is C10H21NO. The number of rotatable bonds is 5. The topological polar surface area (TPSA) is 21.3 Å². The third-order valence-corrected chi connectivity index (χ3v) is 2.67. The van der Waals surface area contributed by atoms with Gasteiger partial charge in [0.1, 0.15) is 0 Å². The van der Waals surface area contributed by atoms with Crippen LogP contribution in [0.1, 0.15) is 27.2 Å². The molecule has 0 saturated heterocycles. The molecule has 3 unspecified atom stereocenters. The molecule has 1 aliphatic carbocycles. The minimum atomic E-state index is 0.356. The first-order chi connectivity index (χ1) is 5.65. The summed E-state index contributed by atoms with van der Waals surface area (Å²) >= 11 is 0. The molecule has 1 saturated carbocycles. The molecule has 0 aromatic rings. The maximum absolute atomic E-state index is 5.58. The van der Waals surface area contributed by atoms with Crippen LogP contribution < -0.4 is 5.32 Å². The van der Waals surface area contributed by atoms with Crippen molar-refractivity contribution in [2.24, 2.45) is 11.8 Å². The van der Waals surface area contributed by atoms with Crippen LogP contribution in [0, 0.1) is 11.8 Å². The second-order valence-electron chi connectivity index (χ2n) is 4.15. The van der Waals surface area contributed by atoms with Gasteiger partial charge in [-0.15, -0.1) is 0 Å². The first-order valence-electron chi connectivity index (χ1n) is 4.94. The van der Waals surface area contributed by atoms with Crippen molar-refractivity contribution in [2.75, 3.05) is 13.7 Å². The number of likely N-dealkylation sites (N-methyl/N-ethyl adjacent to an activating group) is 1. The van der Waals surface area contributed by atoms with Crippen molar-refractivity contribution < 1.29 is 4.74 Å². The van der Waals surface area contributed by atoms with Gasteiger partial charge in [-0.1, -0.05) is 6.92 Å². The van der Waals surface area contributed by atoms with Gasteiger partial charge in [0.25, 0.3) is 0 Å². The highest BCUT2D eigenvalue weighted by Gasteiger charge is 2.38. The van der Waals surface area contributed by atoms with Crippen molar-refractivity contribution in [3.8, 4) is 0 Å². The Morgan fingerprint density at radius 2 is 2.08 bits per heavy atom. The molecule has 1 aliphatic rings. The number of nitrogens with one attached hydrogen (secondary N) is 1. The van der Waals surface area contributed by atoms with E-state index in [1.54, 1.807) is 0 Å². The number of hydrogen-bond acceptors (Lipinski definition) is 2. The molecule has 3 atom stereocenters. The van der Waals surface area contributed by atoms with Crippen LogP contribution >= 0.6 is 0 Å². The molecule has 0 bridgehead atoms. The van der Waals surface area contributed by atoms with Crippen LogP contribution in [0.25, 0.3) is 0 Å². The van der Waals surface area contributed by atoms with Gasteiger partial charge in [0.15, 0.2) is 0 Å². The quantitative estimate of drug-likeness (QED) is 0.679. The third kappa shape index (κ3) is 2.76. The fraction of sp³-hybridized carbons (Fsp3) is 1.00. The van der Waals surface area contributed by atoms with Gasteiger partial charge in [0, 0.05) is 6.04 Å². The maximum Gasteiger partial charge on any atom is 0.0625 e. The van der Waals surface area contributed by atoms with Crippen LogP contribution in [0.3, 0.4) is 0 Å². The minimum absolute atomic E-state index is 0.356. The Bertz CT molecular complexity index is 136. The van der Waals surface area contributed by atoms with Crippen molar-refractivity contribution in [2.45, 2.75) is 39.3 Å². The number of ether oxygens (including phenoxy) is 1. The molecule has 72 valence electrons. The summed E-state index contributed by atoms with van der Waals surface area (Å²) in [6, 6.07) is 0.572. The minimum Gasteiger partial charge on any atom is -0.377 e. The van der Waals surface area contributed by atoms with Crippen LogP contribution in [0.5, 0.6) is 0 Å². The van der Waals surface area contributed by atoms with E-state index in [9.17, 15) is 0 Å². The summed E-state index contributed by atoms with van der Waals surface area (Å²) in [5.74, 6) is 1.76. The molecule has 0 aromatic heterocycles. The summed E-state index contributed by atoms with van der Waals surface area (Å²) < 4.78 is 5.58. The lowest BCUT2D eigenvalue weighted by Crippen LogP contribution is -2.34. The summed E-state index contributed by atoms with van der Waals surface area (Å²) in [4.78, 5) is 0. The van der Waals surface area contributed by atoms with Crippen molar-refractivity contribution >= 4 is 0 Å². The van der Waals surface area contributed by atoms with Gasteiger partial charge in [0.05, 0.1) is 12.7 Å². The van der Waals surface area contributed by atoms with Gasteiger partial charge < -0.3 is 10.1 Å². The molecule has 1 fully saturated rings. The Labute approximate surface area is 75.7 Å². The standard InChI is InChI=1S/C10H21NO/c1-7(2)12-6-10(11-4)9-5-8(9)3/h7-11H,5-6H2,1-4H3. The largest absolute Gasteiger partial charge is 0.377 e.